The second-order valence-electron chi connectivity index (χ2n) is 3.59. The van der Waals surface area contributed by atoms with E-state index >= 15 is 0 Å². The van der Waals surface area contributed by atoms with Gasteiger partial charge in [0.1, 0.15) is 0 Å². The van der Waals surface area contributed by atoms with Crippen LogP contribution in [0.2, 0.25) is 0 Å². The molecule has 0 bridgehead atoms. The molecule has 0 radical (unpaired) electrons. The lowest BCUT2D eigenvalue weighted by atomic mass is 10.1. The molecule has 0 aliphatic carbocycles. The summed E-state index contributed by atoms with van der Waals surface area (Å²) in [4.78, 5) is 2.66. The van der Waals surface area contributed by atoms with Crippen molar-refractivity contribution in [3.05, 3.63) is 21.4 Å². The summed E-state index contributed by atoms with van der Waals surface area (Å²) < 4.78 is 0. The molecule has 1 heterocycles. The molecule has 1 aromatic heterocycles. The Hall–Kier alpha value is -0.780. The molecule has 1 nitrogen and oxygen atoms in total. The molecule has 1 atom stereocenters. The highest BCUT2D eigenvalue weighted by atomic mass is 32.1. The third kappa shape index (κ3) is 2.87. The Bertz CT molecular complexity index is 313. The SMILES string of the molecule is C#CCCCC(N)c1cc(C)c(C)s1. The van der Waals surface area contributed by atoms with Gasteiger partial charge in [-0.25, -0.2) is 0 Å². The van der Waals surface area contributed by atoms with E-state index in [9.17, 15) is 0 Å². The highest BCUT2D eigenvalue weighted by Crippen LogP contribution is 2.27. The quantitative estimate of drug-likeness (QED) is 0.595. The zero-order valence-corrected chi connectivity index (χ0v) is 9.66. The molecule has 0 amide bonds. The first-order valence-electron chi connectivity index (χ1n) is 4.91. The van der Waals surface area contributed by atoms with Gasteiger partial charge in [-0.1, -0.05) is 0 Å². The molecule has 0 spiro atoms. The van der Waals surface area contributed by atoms with Crippen molar-refractivity contribution >= 4 is 11.3 Å². The summed E-state index contributed by atoms with van der Waals surface area (Å²) in [5, 5.41) is 0. The van der Waals surface area contributed by atoms with Crippen molar-refractivity contribution in [3.8, 4) is 12.3 Å². The lowest BCUT2D eigenvalue weighted by Gasteiger charge is -2.07. The molecule has 0 aliphatic rings. The van der Waals surface area contributed by atoms with Crippen LogP contribution in [0.15, 0.2) is 6.07 Å². The second-order valence-corrected chi connectivity index (χ2v) is 4.88. The predicted octanol–water partition coefficient (Wildman–Crippen LogP) is 3.17. The molecule has 0 aromatic carbocycles. The monoisotopic (exact) mass is 207 g/mol. The minimum absolute atomic E-state index is 0.167. The van der Waals surface area contributed by atoms with Gasteiger partial charge < -0.3 is 5.73 Å². The summed E-state index contributed by atoms with van der Waals surface area (Å²) in [7, 11) is 0. The fraction of sp³-hybridized carbons (Fsp3) is 0.500. The number of hydrogen-bond acceptors (Lipinski definition) is 2. The molecule has 0 aliphatic heterocycles. The van der Waals surface area contributed by atoms with Crippen molar-refractivity contribution in [2.45, 2.75) is 39.2 Å². The summed E-state index contributed by atoms with van der Waals surface area (Å²) in [5.41, 5.74) is 7.40. The maximum Gasteiger partial charge on any atom is 0.0390 e. The summed E-state index contributed by atoms with van der Waals surface area (Å²) in [5.74, 6) is 2.64. The van der Waals surface area contributed by atoms with E-state index in [1.165, 1.54) is 15.3 Å². The summed E-state index contributed by atoms with van der Waals surface area (Å²) >= 11 is 1.80. The number of nitrogens with two attached hydrogens (primary N) is 1. The molecular weight excluding hydrogens is 190 g/mol. The molecule has 14 heavy (non-hydrogen) atoms. The Morgan fingerprint density at radius 2 is 2.29 bits per heavy atom. The van der Waals surface area contributed by atoms with Crippen LogP contribution in [-0.4, -0.2) is 0 Å². The first-order chi connectivity index (χ1) is 6.65. The molecule has 1 unspecified atom stereocenters. The highest BCUT2D eigenvalue weighted by Gasteiger charge is 2.09. The van der Waals surface area contributed by atoms with Crippen LogP contribution in [0.25, 0.3) is 0 Å². The zero-order chi connectivity index (χ0) is 10.6. The molecule has 1 aromatic rings. The normalized spacial score (nSPS) is 12.4. The number of thiophene rings is 1. The van der Waals surface area contributed by atoms with E-state index in [0.29, 0.717) is 0 Å². The van der Waals surface area contributed by atoms with Crippen molar-refractivity contribution in [2.24, 2.45) is 5.73 Å². The number of hydrogen-bond donors (Lipinski definition) is 1. The van der Waals surface area contributed by atoms with Crippen molar-refractivity contribution in [1.82, 2.24) is 0 Å². The topological polar surface area (TPSA) is 26.0 Å². The Morgan fingerprint density at radius 1 is 1.57 bits per heavy atom. The van der Waals surface area contributed by atoms with Crippen molar-refractivity contribution in [2.75, 3.05) is 0 Å². The van der Waals surface area contributed by atoms with Gasteiger partial charge in [0.15, 0.2) is 0 Å². The maximum absolute atomic E-state index is 6.06. The largest absolute Gasteiger partial charge is 0.323 e. The fourth-order valence-electron chi connectivity index (χ4n) is 1.35. The lowest BCUT2D eigenvalue weighted by Crippen LogP contribution is -2.07. The fourth-order valence-corrected chi connectivity index (χ4v) is 2.43. The van der Waals surface area contributed by atoms with Gasteiger partial charge in [-0.3, -0.25) is 0 Å². The maximum atomic E-state index is 6.06. The van der Waals surface area contributed by atoms with E-state index in [1.54, 1.807) is 11.3 Å². The van der Waals surface area contributed by atoms with E-state index in [4.69, 9.17) is 12.2 Å². The average molecular weight is 207 g/mol. The van der Waals surface area contributed by atoms with Crippen molar-refractivity contribution in [3.63, 3.8) is 0 Å². The summed E-state index contributed by atoms with van der Waals surface area (Å²) in [6.45, 7) is 4.27. The van der Waals surface area contributed by atoms with Crippen molar-refractivity contribution < 1.29 is 0 Å². The van der Waals surface area contributed by atoms with Crippen LogP contribution < -0.4 is 5.73 Å². The highest BCUT2D eigenvalue weighted by molar-refractivity contribution is 7.12. The smallest absolute Gasteiger partial charge is 0.0390 e. The molecule has 0 saturated carbocycles. The molecule has 76 valence electrons. The summed E-state index contributed by atoms with van der Waals surface area (Å²) in [6.07, 6.45) is 8.04. The minimum Gasteiger partial charge on any atom is -0.323 e. The Kier molecular flexibility index (Phi) is 4.19. The van der Waals surface area contributed by atoms with Crippen LogP contribution in [0.4, 0.5) is 0 Å². The summed E-state index contributed by atoms with van der Waals surface area (Å²) in [6, 6.07) is 2.36. The average Bonchev–Trinajstić information content (AvgIpc) is 2.47. The molecule has 1 rings (SSSR count). The lowest BCUT2D eigenvalue weighted by molar-refractivity contribution is 0.630. The van der Waals surface area contributed by atoms with Gasteiger partial charge in [-0.05, 0) is 38.3 Å². The molecule has 2 heteroatoms. The molecule has 0 fully saturated rings. The van der Waals surface area contributed by atoms with Crippen LogP contribution in [-0.2, 0) is 0 Å². The van der Waals surface area contributed by atoms with E-state index in [2.05, 4.69) is 25.8 Å². The van der Waals surface area contributed by atoms with Crippen molar-refractivity contribution in [1.29, 1.82) is 0 Å². The zero-order valence-electron chi connectivity index (χ0n) is 8.84. The van der Waals surface area contributed by atoms with Gasteiger partial charge >= 0.3 is 0 Å². The van der Waals surface area contributed by atoms with Crippen LogP contribution in [0.5, 0.6) is 0 Å². The second kappa shape index (κ2) is 5.19. The van der Waals surface area contributed by atoms with Gasteiger partial charge in [0, 0.05) is 22.2 Å². The first-order valence-corrected chi connectivity index (χ1v) is 5.72. The minimum atomic E-state index is 0.167. The molecule has 2 N–H and O–H groups in total. The van der Waals surface area contributed by atoms with E-state index in [-0.39, 0.29) is 6.04 Å². The van der Waals surface area contributed by atoms with Gasteiger partial charge in [-0.2, -0.15) is 0 Å². The Labute approximate surface area is 90.3 Å². The molecular formula is C12H17NS. The van der Waals surface area contributed by atoms with E-state index in [1.807, 2.05) is 0 Å². The number of terminal acetylenes is 1. The first kappa shape index (κ1) is 11.3. The van der Waals surface area contributed by atoms with Gasteiger partial charge in [0.05, 0.1) is 0 Å². The third-order valence-corrected chi connectivity index (χ3v) is 3.67. The standard InChI is InChI=1S/C12H17NS/c1-4-5-6-7-11(13)12-8-9(2)10(3)14-12/h1,8,11H,5-7,13H2,2-3H3. The van der Waals surface area contributed by atoms with Crippen LogP contribution >= 0.6 is 11.3 Å². The van der Waals surface area contributed by atoms with Gasteiger partial charge in [-0.15, -0.1) is 23.7 Å². The predicted molar refractivity (Wildman–Crippen MR) is 63.4 cm³/mol. The van der Waals surface area contributed by atoms with E-state index in [0.717, 1.165) is 19.3 Å². The number of rotatable bonds is 4. The van der Waals surface area contributed by atoms with Crippen LogP contribution in [0, 0.1) is 26.2 Å². The third-order valence-electron chi connectivity index (χ3n) is 2.39. The van der Waals surface area contributed by atoms with Crippen LogP contribution in [0.1, 0.15) is 40.6 Å². The Morgan fingerprint density at radius 3 is 2.79 bits per heavy atom. The number of aryl methyl sites for hydroxylation is 2. The molecule has 0 saturated heterocycles. The van der Waals surface area contributed by atoms with Crippen LogP contribution in [0.3, 0.4) is 0 Å². The Balaban J connectivity index is 2.52. The van der Waals surface area contributed by atoms with Gasteiger partial charge in [0.2, 0.25) is 0 Å². The van der Waals surface area contributed by atoms with Gasteiger partial charge in [0.25, 0.3) is 0 Å². The number of unbranched alkanes of at least 4 members (excludes halogenated alkanes) is 1. The van der Waals surface area contributed by atoms with E-state index < -0.39 is 0 Å².